The van der Waals surface area contributed by atoms with Crippen LogP contribution in [0.4, 0.5) is 0 Å². The first-order valence-corrected chi connectivity index (χ1v) is 3.94. The number of aromatic nitrogens is 1. The van der Waals surface area contributed by atoms with Crippen LogP contribution < -0.4 is 5.32 Å². The first-order chi connectivity index (χ1) is 5.86. The Hall–Kier alpha value is -0.930. The predicted octanol–water partition coefficient (Wildman–Crippen LogP) is 0.947. The number of pyridine rings is 1. The fraction of sp³-hybridized carbons (Fsp3) is 0.444. The van der Waals surface area contributed by atoms with Gasteiger partial charge in [-0.15, -0.1) is 0 Å². The van der Waals surface area contributed by atoms with Gasteiger partial charge in [0.05, 0.1) is 12.3 Å². The molecule has 0 aromatic carbocycles. The van der Waals surface area contributed by atoms with Crippen molar-refractivity contribution in [1.82, 2.24) is 10.3 Å². The van der Waals surface area contributed by atoms with Crippen molar-refractivity contribution in [2.45, 2.75) is 13.2 Å². The monoisotopic (exact) mass is 166 g/mol. The summed E-state index contributed by atoms with van der Waals surface area (Å²) in [7, 11) is 3.59. The summed E-state index contributed by atoms with van der Waals surface area (Å²) in [5, 5.41) is 3.06. The highest BCUT2D eigenvalue weighted by molar-refractivity contribution is 5.13. The Labute approximate surface area is 72.8 Å². The Morgan fingerprint density at radius 2 is 2.33 bits per heavy atom. The maximum absolute atomic E-state index is 4.95. The third kappa shape index (κ3) is 2.60. The van der Waals surface area contributed by atoms with Crippen LogP contribution in [0.15, 0.2) is 18.3 Å². The molecule has 0 spiro atoms. The Morgan fingerprint density at radius 3 is 2.83 bits per heavy atom. The largest absolute Gasteiger partial charge is 0.378 e. The summed E-state index contributed by atoms with van der Waals surface area (Å²) in [5.74, 6) is 0. The molecule has 1 N–H and O–H groups in total. The molecule has 0 radical (unpaired) electrons. The second kappa shape index (κ2) is 4.85. The van der Waals surface area contributed by atoms with E-state index in [1.54, 1.807) is 7.11 Å². The number of nitrogens with zero attached hydrogens (tertiary/aromatic N) is 1. The molecule has 66 valence electrons. The molecule has 0 saturated heterocycles. The highest BCUT2D eigenvalue weighted by Crippen LogP contribution is 2.00. The van der Waals surface area contributed by atoms with Crippen LogP contribution in [0.2, 0.25) is 0 Å². The highest BCUT2D eigenvalue weighted by atomic mass is 16.5. The average Bonchev–Trinajstić information content (AvgIpc) is 2.09. The minimum absolute atomic E-state index is 0.583. The van der Waals surface area contributed by atoms with Gasteiger partial charge in [-0.3, -0.25) is 4.98 Å². The molecule has 0 unspecified atom stereocenters. The quantitative estimate of drug-likeness (QED) is 0.723. The van der Waals surface area contributed by atoms with E-state index in [9.17, 15) is 0 Å². The average molecular weight is 166 g/mol. The Bertz CT molecular complexity index is 195. The maximum atomic E-state index is 4.95. The standard InChI is InChI=1S/C9H14N2O/c1-10-5-8-3-4-9(7-12-2)11-6-8/h3-4,6,10H,5,7H2,1-2H3. The van der Waals surface area contributed by atoms with Crippen LogP contribution in [0.25, 0.3) is 0 Å². The fourth-order valence-electron chi connectivity index (χ4n) is 0.997. The van der Waals surface area contributed by atoms with Crippen molar-refractivity contribution in [3.63, 3.8) is 0 Å². The normalized spacial score (nSPS) is 10.2. The van der Waals surface area contributed by atoms with Gasteiger partial charge in [0.15, 0.2) is 0 Å². The van der Waals surface area contributed by atoms with Gasteiger partial charge in [0.1, 0.15) is 0 Å². The van der Waals surface area contributed by atoms with Crippen molar-refractivity contribution < 1.29 is 4.74 Å². The van der Waals surface area contributed by atoms with E-state index >= 15 is 0 Å². The van der Waals surface area contributed by atoms with E-state index in [1.807, 2.05) is 19.3 Å². The highest BCUT2D eigenvalue weighted by Gasteiger charge is 1.93. The molecule has 1 aromatic heterocycles. The van der Waals surface area contributed by atoms with Gasteiger partial charge in [0, 0.05) is 19.9 Å². The lowest BCUT2D eigenvalue weighted by molar-refractivity contribution is 0.181. The van der Waals surface area contributed by atoms with Crippen LogP contribution in [-0.2, 0) is 17.9 Å². The molecule has 0 saturated carbocycles. The van der Waals surface area contributed by atoms with Crippen LogP contribution in [-0.4, -0.2) is 19.1 Å². The summed E-state index contributed by atoms with van der Waals surface area (Å²) in [6, 6.07) is 4.04. The fourth-order valence-corrected chi connectivity index (χ4v) is 0.997. The van der Waals surface area contributed by atoms with Crippen molar-refractivity contribution in [3.05, 3.63) is 29.6 Å². The van der Waals surface area contributed by atoms with E-state index < -0.39 is 0 Å². The third-order valence-corrected chi connectivity index (χ3v) is 1.56. The van der Waals surface area contributed by atoms with E-state index in [4.69, 9.17) is 4.74 Å². The van der Waals surface area contributed by atoms with Gasteiger partial charge in [-0.2, -0.15) is 0 Å². The van der Waals surface area contributed by atoms with Crippen molar-refractivity contribution in [2.75, 3.05) is 14.2 Å². The molecule has 1 rings (SSSR count). The number of rotatable bonds is 4. The van der Waals surface area contributed by atoms with Crippen molar-refractivity contribution in [1.29, 1.82) is 0 Å². The van der Waals surface area contributed by atoms with Crippen molar-refractivity contribution in [2.24, 2.45) is 0 Å². The number of ether oxygens (including phenoxy) is 1. The van der Waals surface area contributed by atoms with E-state index in [0.29, 0.717) is 6.61 Å². The van der Waals surface area contributed by atoms with Gasteiger partial charge in [-0.25, -0.2) is 0 Å². The SMILES string of the molecule is CNCc1ccc(COC)nc1. The van der Waals surface area contributed by atoms with Gasteiger partial charge < -0.3 is 10.1 Å². The Kier molecular flexibility index (Phi) is 3.70. The summed E-state index contributed by atoms with van der Waals surface area (Å²) >= 11 is 0. The molecule has 1 heterocycles. The van der Waals surface area contributed by atoms with Crippen molar-refractivity contribution in [3.8, 4) is 0 Å². The summed E-state index contributed by atoms with van der Waals surface area (Å²) in [6.45, 7) is 1.44. The zero-order valence-electron chi connectivity index (χ0n) is 7.50. The van der Waals surface area contributed by atoms with Gasteiger partial charge in [-0.05, 0) is 18.7 Å². The molecular formula is C9H14N2O. The predicted molar refractivity (Wildman–Crippen MR) is 47.7 cm³/mol. The Morgan fingerprint density at radius 1 is 1.50 bits per heavy atom. The van der Waals surface area contributed by atoms with Crippen LogP contribution in [0, 0.1) is 0 Å². The first-order valence-electron chi connectivity index (χ1n) is 3.94. The summed E-state index contributed by atoms with van der Waals surface area (Å²) in [6.07, 6.45) is 1.87. The van der Waals surface area contributed by atoms with Gasteiger partial charge >= 0.3 is 0 Å². The summed E-state index contributed by atoms with van der Waals surface area (Å²) in [5.41, 5.74) is 2.16. The molecule has 0 aliphatic heterocycles. The van der Waals surface area contributed by atoms with E-state index in [1.165, 1.54) is 5.56 Å². The summed E-state index contributed by atoms with van der Waals surface area (Å²) in [4.78, 5) is 4.22. The van der Waals surface area contributed by atoms with Gasteiger partial charge in [-0.1, -0.05) is 6.07 Å². The third-order valence-electron chi connectivity index (χ3n) is 1.56. The molecule has 0 atom stereocenters. The maximum Gasteiger partial charge on any atom is 0.0884 e. The molecule has 0 fully saturated rings. The lowest BCUT2D eigenvalue weighted by Crippen LogP contribution is -2.05. The zero-order chi connectivity index (χ0) is 8.81. The molecule has 0 amide bonds. The summed E-state index contributed by atoms with van der Waals surface area (Å²) < 4.78 is 4.95. The smallest absolute Gasteiger partial charge is 0.0884 e. The minimum atomic E-state index is 0.583. The molecular weight excluding hydrogens is 152 g/mol. The number of hydrogen-bond donors (Lipinski definition) is 1. The zero-order valence-corrected chi connectivity index (χ0v) is 7.50. The van der Waals surface area contributed by atoms with E-state index in [0.717, 1.165) is 12.2 Å². The number of hydrogen-bond acceptors (Lipinski definition) is 3. The van der Waals surface area contributed by atoms with E-state index in [2.05, 4.69) is 16.4 Å². The molecule has 12 heavy (non-hydrogen) atoms. The van der Waals surface area contributed by atoms with Crippen LogP contribution >= 0.6 is 0 Å². The lowest BCUT2D eigenvalue weighted by atomic mass is 10.2. The second-order valence-electron chi connectivity index (χ2n) is 2.62. The number of nitrogens with one attached hydrogen (secondary N) is 1. The van der Waals surface area contributed by atoms with Gasteiger partial charge in [0.2, 0.25) is 0 Å². The van der Waals surface area contributed by atoms with Gasteiger partial charge in [0.25, 0.3) is 0 Å². The number of methoxy groups -OCH3 is 1. The second-order valence-corrected chi connectivity index (χ2v) is 2.62. The van der Waals surface area contributed by atoms with Crippen LogP contribution in [0.1, 0.15) is 11.3 Å². The van der Waals surface area contributed by atoms with Crippen LogP contribution in [0.3, 0.4) is 0 Å². The topological polar surface area (TPSA) is 34.1 Å². The molecule has 1 aromatic rings. The molecule has 0 bridgehead atoms. The molecule has 3 nitrogen and oxygen atoms in total. The van der Waals surface area contributed by atoms with Crippen molar-refractivity contribution >= 4 is 0 Å². The Balaban J connectivity index is 2.58. The molecule has 3 heteroatoms. The van der Waals surface area contributed by atoms with E-state index in [-0.39, 0.29) is 0 Å². The molecule has 0 aliphatic rings. The molecule has 0 aliphatic carbocycles. The first kappa shape index (κ1) is 9.16. The minimum Gasteiger partial charge on any atom is -0.378 e. The lowest BCUT2D eigenvalue weighted by Gasteiger charge is -2.01. The van der Waals surface area contributed by atoms with Crippen LogP contribution in [0.5, 0.6) is 0 Å².